The van der Waals surface area contributed by atoms with Gasteiger partial charge >= 0.3 is 17.9 Å². The van der Waals surface area contributed by atoms with Crippen molar-refractivity contribution < 1.29 is 63.5 Å². The number of fused-ring (bicyclic) bond motifs is 2. The first-order chi connectivity index (χ1) is 50.1. The molecule has 0 unspecified atom stereocenters. The molecule has 8 heterocycles. The number of aliphatic hydroxyl groups is 2. The number of ether oxygens (including phenoxy) is 1. The molecule has 0 aromatic carbocycles. The molecule has 0 spiro atoms. The average molecular weight is 1460 g/mol. The minimum absolute atomic E-state index is 0. The number of aryl methyl sites for hydroxylation is 2. The lowest BCUT2D eigenvalue weighted by Gasteiger charge is -2.36. The number of amides is 1. The molecular formula is C76H108N14O15. The number of carboxylic acid groups (broad SMARTS) is 2. The molecule has 1 amide bonds. The van der Waals surface area contributed by atoms with Crippen LogP contribution in [0.25, 0.3) is 22.1 Å². The van der Waals surface area contributed by atoms with Crippen LogP contribution in [-0.2, 0) is 33.5 Å². The van der Waals surface area contributed by atoms with E-state index in [2.05, 4.69) is 50.4 Å². The van der Waals surface area contributed by atoms with Crippen LogP contribution in [0.5, 0.6) is 0 Å². The van der Waals surface area contributed by atoms with E-state index < -0.39 is 18.5 Å². The second-order valence-electron chi connectivity index (χ2n) is 26.9. The first-order valence-electron chi connectivity index (χ1n) is 36.7. The zero-order valence-electron chi connectivity index (χ0n) is 60.9. The summed E-state index contributed by atoms with van der Waals surface area (Å²) in [6, 6.07) is 7.86. The number of hydrogen-bond acceptors (Lipinski definition) is 24. The summed E-state index contributed by atoms with van der Waals surface area (Å²) in [7, 11) is 1.37. The number of hydrogen-bond donors (Lipinski definition) is 7. The number of carbonyl (C=O) groups is 8. The second kappa shape index (κ2) is 43.7. The Labute approximate surface area is 613 Å². The average Bonchev–Trinajstić information content (AvgIpc) is 1.69. The number of pyridine rings is 4. The molecule has 0 bridgehead atoms. The van der Waals surface area contributed by atoms with Crippen molar-refractivity contribution in [1.29, 1.82) is 0 Å². The van der Waals surface area contributed by atoms with Crippen LogP contribution in [0.1, 0.15) is 232 Å². The van der Waals surface area contributed by atoms with Crippen LogP contribution in [0.4, 0.5) is 34.9 Å². The third-order valence-corrected chi connectivity index (χ3v) is 19.3. The second-order valence-corrected chi connectivity index (χ2v) is 26.9. The van der Waals surface area contributed by atoms with Gasteiger partial charge in [0.25, 0.3) is 11.1 Å². The number of aliphatic carboxylic acids is 2. The van der Waals surface area contributed by atoms with Crippen LogP contribution in [0.3, 0.4) is 0 Å². The minimum atomic E-state index is -0.772. The van der Waals surface area contributed by atoms with Gasteiger partial charge in [-0.25, -0.2) is 19.9 Å². The molecule has 2 aliphatic carbocycles. The van der Waals surface area contributed by atoms with Crippen LogP contribution in [-0.4, -0.2) is 184 Å². The van der Waals surface area contributed by atoms with Gasteiger partial charge in [-0.15, -0.1) is 0 Å². The molecule has 29 heteroatoms. The maximum absolute atomic E-state index is 13.5. The normalized spacial score (nSPS) is 14.4. The van der Waals surface area contributed by atoms with E-state index in [1.54, 1.807) is 41.6 Å². The first-order valence-corrected chi connectivity index (χ1v) is 36.7. The summed E-state index contributed by atoms with van der Waals surface area (Å²) in [6.45, 7) is 12.3. The topological polar surface area (TPSA) is 394 Å². The predicted molar refractivity (Wildman–Crippen MR) is 402 cm³/mol. The van der Waals surface area contributed by atoms with Crippen LogP contribution in [0.15, 0.2) is 58.6 Å². The Morgan fingerprint density at radius 2 is 0.886 bits per heavy atom. The highest BCUT2D eigenvalue weighted by molar-refractivity contribution is 6.00. The lowest BCUT2D eigenvalue weighted by molar-refractivity contribution is -0.141. The Balaban J connectivity index is 0.000000250. The molecule has 2 saturated carbocycles. The molecule has 4 aliphatic rings. The molecule has 572 valence electrons. The number of piperazine rings is 2. The van der Waals surface area contributed by atoms with Crippen LogP contribution in [0, 0.1) is 13.8 Å². The maximum atomic E-state index is 13.5. The summed E-state index contributed by atoms with van der Waals surface area (Å²) in [5.74, 6) is -0.376. The lowest BCUT2D eigenvalue weighted by atomic mass is 10.0. The third kappa shape index (κ3) is 25.7. The smallest absolute Gasteiger partial charge is 0.305 e. The Hall–Kier alpha value is -9.48. The fourth-order valence-corrected chi connectivity index (χ4v) is 13.5. The SMILES string of the molecule is C.CC(=O)c1c(C)c2cnc(Nc3ccc(N4CCN(C(=O)CCCCCCC(=O)CO)CC4)cn3)nc2n(C2CCCC2)c1=O.CC(=O)c1c(C)c2cnc(Nc3ccc(N4CCNCC4)cn3)nc2n(C2CCCC2)c1=O.COC(=O)CCCCCCC(=O)O.O=C(O)CCCCCCC(=O)CO. The Morgan fingerprint density at radius 3 is 1.25 bits per heavy atom. The third-order valence-electron chi connectivity index (χ3n) is 19.3. The number of anilines is 6. The van der Waals surface area contributed by atoms with Crippen molar-refractivity contribution in [3.8, 4) is 0 Å². The predicted octanol–water partition coefficient (Wildman–Crippen LogP) is 10.3. The van der Waals surface area contributed by atoms with Gasteiger partial charge in [-0.05, 0) is 127 Å². The summed E-state index contributed by atoms with van der Waals surface area (Å²) in [4.78, 5) is 151. The van der Waals surface area contributed by atoms with Crippen molar-refractivity contribution >= 4 is 104 Å². The highest BCUT2D eigenvalue weighted by atomic mass is 16.5. The van der Waals surface area contributed by atoms with E-state index in [1.807, 2.05) is 35.4 Å². The standard InChI is InChI=1S/C33H43N7O5.C24H29N7O2.2C9H16O4.CH4/c1-22-27-20-35-33(37-31(27)40(24-9-7-8-10-24)32(45)30(22)23(2)42)36-28-14-13-25(19-34-28)38-15-17-39(18-16-38)29(44)12-6-4-3-5-11-26(43)21-41;1-15-19-14-27-24(28-20-8-7-18(13-26-20)30-11-9-25-10-12-30)29-22(19)31(17-5-3-4-6-17)23(33)21(15)16(2)32;1-13-9(12)7-5-3-2-4-6-8(10)11;10-7-8(11)5-3-1-2-4-6-9(12)13;/h13-14,19-20,24,41H,3-12,15-18,21H2,1-2H3,(H,34,35,36,37);7-8,13-14,17,25H,3-6,9-12H2,1-2H3,(H,26,27,28,29);2-7H2,1H3,(H,10,11);10H,1-7H2,(H,12,13);1H4. The molecule has 29 nitrogen and oxygen atoms in total. The Morgan fingerprint density at radius 1 is 0.505 bits per heavy atom. The fourth-order valence-electron chi connectivity index (χ4n) is 13.5. The summed E-state index contributed by atoms with van der Waals surface area (Å²) >= 11 is 0. The number of carboxylic acids is 2. The summed E-state index contributed by atoms with van der Waals surface area (Å²) in [5.41, 5.74) is 4.33. The minimum Gasteiger partial charge on any atom is -0.481 e. The molecular weight excluding hydrogens is 1350 g/mol. The van der Waals surface area contributed by atoms with Gasteiger partial charge < -0.3 is 55.8 Å². The van der Waals surface area contributed by atoms with Gasteiger partial charge in [0.2, 0.25) is 17.8 Å². The molecule has 4 fully saturated rings. The zero-order valence-corrected chi connectivity index (χ0v) is 60.9. The number of aliphatic hydroxyl groups excluding tert-OH is 2. The fraction of sp³-hybridized carbons (Fsp3) is 0.579. The number of ketones is 4. The van der Waals surface area contributed by atoms with Crippen molar-refractivity contribution in [2.24, 2.45) is 0 Å². The number of nitrogens with one attached hydrogen (secondary N) is 3. The van der Waals surface area contributed by atoms with Gasteiger partial charge in [0.1, 0.15) is 36.1 Å². The number of aromatic nitrogens is 8. The number of Topliss-reactive ketones (excluding diaryl/α,β-unsaturated/α-hetero) is 4. The van der Waals surface area contributed by atoms with Crippen molar-refractivity contribution in [2.75, 3.05) is 93.1 Å². The molecule has 10 rings (SSSR count). The van der Waals surface area contributed by atoms with Gasteiger partial charge in [-0.2, -0.15) is 9.97 Å². The van der Waals surface area contributed by atoms with Gasteiger partial charge in [-0.1, -0.05) is 71.6 Å². The van der Waals surface area contributed by atoms with Gasteiger partial charge in [-0.3, -0.25) is 57.1 Å². The molecule has 0 atom stereocenters. The first kappa shape index (κ1) is 84.5. The molecule has 0 radical (unpaired) electrons. The van der Waals surface area contributed by atoms with E-state index in [4.69, 9.17) is 30.4 Å². The number of esters is 1. The monoisotopic (exact) mass is 1460 g/mol. The van der Waals surface area contributed by atoms with E-state index in [9.17, 15) is 47.9 Å². The zero-order chi connectivity index (χ0) is 75.1. The highest BCUT2D eigenvalue weighted by Crippen LogP contribution is 2.34. The number of rotatable bonds is 33. The molecule has 6 aromatic rings. The quantitative estimate of drug-likeness (QED) is 0.0114. The van der Waals surface area contributed by atoms with Crippen molar-refractivity contribution in [1.82, 2.24) is 49.3 Å². The highest BCUT2D eigenvalue weighted by Gasteiger charge is 2.29. The number of methoxy groups -OCH3 is 1. The molecule has 105 heavy (non-hydrogen) atoms. The van der Waals surface area contributed by atoms with E-state index in [0.717, 1.165) is 172 Å². The number of carbonyl (C=O) groups excluding carboxylic acids is 6. The van der Waals surface area contributed by atoms with Gasteiger partial charge in [0.05, 0.1) is 42.0 Å². The van der Waals surface area contributed by atoms with Crippen LogP contribution in [0.2, 0.25) is 0 Å². The lowest BCUT2D eigenvalue weighted by Crippen LogP contribution is -2.48. The van der Waals surface area contributed by atoms with Crippen molar-refractivity contribution in [3.05, 3.63) is 92.0 Å². The number of nitrogens with zero attached hydrogens (tertiary/aromatic N) is 11. The van der Waals surface area contributed by atoms with Gasteiger partial charge in [0.15, 0.2) is 23.1 Å². The van der Waals surface area contributed by atoms with Crippen LogP contribution < -0.4 is 36.9 Å². The van der Waals surface area contributed by atoms with E-state index in [-0.39, 0.29) is 96.2 Å². The molecule has 2 saturated heterocycles. The Bertz CT molecular complexity index is 3950. The molecule has 6 aromatic heterocycles. The van der Waals surface area contributed by atoms with E-state index >= 15 is 0 Å². The van der Waals surface area contributed by atoms with E-state index in [1.165, 1.54) is 21.0 Å². The van der Waals surface area contributed by atoms with Gasteiger partial charge in [0, 0.05) is 126 Å². The molecule has 7 N–H and O–H groups in total. The van der Waals surface area contributed by atoms with E-state index in [0.29, 0.717) is 103 Å². The van der Waals surface area contributed by atoms with Crippen molar-refractivity contribution in [3.63, 3.8) is 0 Å². The van der Waals surface area contributed by atoms with Crippen LogP contribution >= 0.6 is 0 Å². The summed E-state index contributed by atoms with van der Waals surface area (Å²) in [5, 5.41) is 44.9. The number of unbranched alkanes of at least 4 members (excludes halogenated alkanes) is 9. The Kier molecular flexibility index (Phi) is 35.2. The maximum Gasteiger partial charge on any atom is 0.305 e. The van der Waals surface area contributed by atoms with Crippen molar-refractivity contribution in [2.45, 2.75) is 214 Å². The summed E-state index contributed by atoms with van der Waals surface area (Å²) in [6.07, 6.45) is 26.7. The largest absolute Gasteiger partial charge is 0.481 e. The molecule has 2 aliphatic heterocycles. The summed E-state index contributed by atoms with van der Waals surface area (Å²) < 4.78 is 7.88.